The molecule has 33 heavy (non-hydrogen) atoms. The highest BCUT2D eigenvalue weighted by Crippen LogP contribution is 2.09. The van der Waals surface area contributed by atoms with Crippen LogP contribution in [-0.4, -0.2) is 62.0 Å². The Kier molecular flexibility index (Phi) is 24.6. The van der Waals surface area contributed by atoms with Gasteiger partial charge in [-0.05, 0) is 51.6 Å². The molecule has 0 fully saturated rings. The highest BCUT2D eigenvalue weighted by Gasteiger charge is 2.12. The average Bonchev–Trinajstić information content (AvgIpc) is 2.83. The number of nitrogens with zero attached hydrogens (tertiary/aromatic N) is 1. The molecule has 194 valence electrons. The Bertz CT molecular complexity index is 475. The van der Waals surface area contributed by atoms with E-state index in [2.05, 4.69) is 50.0 Å². The summed E-state index contributed by atoms with van der Waals surface area (Å²) in [4.78, 5) is 14.2. The largest absolute Gasteiger partial charge is 0.465 e. The van der Waals surface area contributed by atoms with Crippen molar-refractivity contribution in [2.45, 2.75) is 97.8 Å². The molecule has 0 aromatic carbocycles. The van der Waals surface area contributed by atoms with E-state index in [4.69, 9.17) is 9.47 Å². The number of carbonyl (C=O) groups is 1. The second-order valence-electron chi connectivity index (χ2n) is 8.81. The van der Waals surface area contributed by atoms with Crippen molar-refractivity contribution in [3.63, 3.8) is 0 Å². The van der Waals surface area contributed by atoms with Gasteiger partial charge in [0.05, 0.1) is 26.4 Å². The van der Waals surface area contributed by atoms with E-state index >= 15 is 0 Å². The van der Waals surface area contributed by atoms with Crippen LogP contribution in [0.2, 0.25) is 0 Å². The third-order valence-corrected chi connectivity index (χ3v) is 5.87. The first-order chi connectivity index (χ1) is 16.2. The zero-order valence-electron chi connectivity index (χ0n) is 21.9. The number of hydrogen-bond donors (Lipinski definition) is 1. The molecule has 1 N–H and O–H groups in total. The Morgan fingerprint density at radius 1 is 0.848 bits per heavy atom. The van der Waals surface area contributed by atoms with Gasteiger partial charge in [0.15, 0.2) is 0 Å². The Balaban J connectivity index is 3.55. The quantitative estimate of drug-likeness (QED) is 0.102. The van der Waals surface area contributed by atoms with E-state index in [1.165, 1.54) is 38.5 Å². The van der Waals surface area contributed by atoms with Crippen LogP contribution in [0.15, 0.2) is 24.3 Å². The Morgan fingerprint density at radius 3 is 2.12 bits per heavy atom. The normalized spacial score (nSPS) is 12.9. The molecule has 5 nitrogen and oxygen atoms in total. The number of carbonyl (C=O) groups excluding carboxylic acids is 1. The predicted octanol–water partition coefficient (Wildman–Crippen LogP) is 6.31. The van der Waals surface area contributed by atoms with Gasteiger partial charge in [-0.25, -0.2) is 0 Å². The van der Waals surface area contributed by atoms with Crippen LogP contribution >= 0.6 is 0 Å². The summed E-state index contributed by atoms with van der Waals surface area (Å²) in [5.41, 5.74) is 0. The number of likely N-dealkylation sites (N-methyl/N-ethyl adjacent to an activating group) is 1. The summed E-state index contributed by atoms with van der Waals surface area (Å²) in [5, 5.41) is 9.47. The van der Waals surface area contributed by atoms with Crippen molar-refractivity contribution in [3.05, 3.63) is 24.3 Å². The third-order valence-electron chi connectivity index (χ3n) is 5.87. The summed E-state index contributed by atoms with van der Waals surface area (Å²) in [6.45, 7) is 10.7. The third kappa shape index (κ3) is 22.4. The fourth-order valence-electron chi connectivity index (χ4n) is 3.50. The number of esters is 1. The van der Waals surface area contributed by atoms with Crippen LogP contribution in [0.25, 0.3) is 0 Å². The molecule has 1 unspecified atom stereocenters. The van der Waals surface area contributed by atoms with Gasteiger partial charge in [-0.2, -0.15) is 0 Å². The van der Waals surface area contributed by atoms with E-state index in [1.807, 2.05) is 0 Å². The van der Waals surface area contributed by atoms with Gasteiger partial charge in [0.2, 0.25) is 0 Å². The zero-order valence-corrected chi connectivity index (χ0v) is 21.9. The molecule has 0 aromatic heterocycles. The van der Waals surface area contributed by atoms with E-state index in [0.29, 0.717) is 19.6 Å². The zero-order chi connectivity index (χ0) is 24.4. The van der Waals surface area contributed by atoms with Crippen LogP contribution in [0.5, 0.6) is 0 Å². The summed E-state index contributed by atoms with van der Waals surface area (Å²) in [6, 6.07) is 0. The molecule has 0 spiro atoms. The summed E-state index contributed by atoms with van der Waals surface area (Å²) >= 11 is 0. The minimum absolute atomic E-state index is 0.0256. The molecule has 1 atom stereocenters. The molecule has 0 rings (SSSR count). The summed E-state index contributed by atoms with van der Waals surface area (Å²) < 4.78 is 11.0. The lowest BCUT2D eigenvalue weighted by Gasteiger charge is -2.19. The van der Waals surface area contributed by atoms with Crippen LogP contribution in [0.3, 0.4) is 0 Å². The van der Waals surface area contributed by atoms with Gasteiger partial charge in [0.1, 0.15) is 0 Å². The lowest BCUT2D eigenvalue weighted by molar-refractivity contribution is -0.146. The van der Waals surface area contributed by atoms with E-state index in [-0.39, 0.29) is 25.1 Å². The minimum atomic E-state index is -0.165. The van der Waals surface area contributed by atoms with Crippen LogP contribution in [0.4, 0.5) is 0 Å². The number of ether oxygens (including phenoxy) is 2. The SMILES string of the molecule is CCCCC/C=C\C/C=C\CCCCCCCC(=O)OCC(CO)COCCN(CC)CC. The number of allylic oxidation sites excluding steroid dienone is 4. The van der Waals surface area contributed by atoms with Gasteiger partial charge >= 0.3 is 5.97 Å². The number of unbranched alkanes of at least 4 members (excludes halogenated alkanes) is 8. The maximum atomic E-state index is 11.9. The molecule has 0 heterocycles. The monoisotopic (exact) mass is 467 g/mol. The standard InChI is InChI=1S/C28H53NO4/c1-4-7-8-9-10-11-12-13-14-15-16-17-18-19-20-21-28(31)33-26-27(24-30)25-32-23-22-29(5-2)6-3/h10-11,13-14,27,30H,4-9,12,15-26H2,1-3H3/b11-10-,14-13-. The van der Waals surface area contributed by atoms with Crippen LogP contribution < -0.4 is 0 Å². The molecule has 0 aliphatic heterocycles. The van der Waals surface area contributed by atoms with Gasteiger partial charge in [-0.1, -0.05) is 77.2 Å². The van der Waals surface area contributed by atoms with Gasteiger partial charge < -0.3 is 19.5 Å². The van der Waals surface area contributed by atoms with Gasteiger partial charge in [-0.3, -0.25) is 4.79 Å². The molecule has 0 saturated carbocycles. The van der Waals surface area contributed by atoms with E-state index in [1.54, 1.807) is 0 Å². The number of aliphatic hydroxyl groups excluding tert-OH is 1. The topological polar surface area (TPSA) is 59.0 Å². The summed E-state index contributed by atoms with van der Waals surface area (Å²) in [5.74, 6) is -0.308. The number of rotatable bonds is 24. The van der Waals surface area contributed by atoms with Crippen molar-refractivity contribution >= 4 is 5.97 Å². The lowest BCUT2D eigenvalue weighted by atomic mass is 10.1. The number of hydrogen-bond acceptors (Lipinski definition) is 5. The molecule has 0 aromatic rings. The van der Waals surface area contributed by atoms with Crippen molar-refractivity contribution in [2.75, 3.05) is 46.1 Å². The number of aliphatic hydroxyl groups is 1. The first-order valence-electron chi connectivity index (χ1n) is 13.5. The predicted molar refractivity (Wildman–Crippen MR) is 139 cm³/mol. The first kappa shape index (κ1) is 31.8. The van der Waals surface area contributed by atoms with Crippen LogP contribution in [0, 0.1) is 5.92 Å². The van der Waals surface area contributed by atoms with Gasteiger partial charge in [-0.15, -0.1) is 0 Å². The van der Waals surface area contributed by atoms with Crippen molar-refractivity contribution in [1.29, 1.82) is 0 Å². The molecule has 0 amide bonds. The second kappa shape index (κ2) is 25.5. The van der Waals surface area contributed by atoms with Crippen molar-refractivity contribution in [2.24, 2.45) is 5.92 Å². The van der Waals surface area contributed by atoms with Crippen molar-refractivity contribution < 1.29 is 19.4 Å². The summed E-state index contributed by atoms with van der Waals surface area (Å²) in [6.07, 6.45) is 22.5. The van der Waals surface area contributed by atoms with E-state index in [0.717, 1.165) is 51.7 Å². The van der Waals surface area contributed by atoms with Crippen LogP contribution in [-0.2, 0) is 14.3 Å². The maximum Gasteiger partial charge on any atom is 0.305 e. The Hall–Kier alpha value is -1.17. The smallest absolute Gasteiger partial charge is 0.305 e. The fraction of sp³-hybridized carbons (Fsp3) is 0.821. The molecule has 0 aliphatic rings. The van der Waals surface area contributed by atoms with E-state index in [9.17, 15) is 9.90 Å². The molecular formula is C28H53NO4. The molecular weight excluding hydrogens is 414 g/mol. The highest BCUT2D eigenvalue weighted by atomic mass is 16.5. The molecule has 0 aliphatic carbocycles. The highest BCUT2D eigenvalue weighted by molar-refractivity contribution is 5.69. The fourth-order valence-corrected chi connectivity index (χ4v) is 3.50. The van der Waals surface area contributed by atoms with Gasteiger partial charge in [0, 0.05) is 18.9 Å². The molecule has 5 heteroatoms. The Morgan fingerprint density at radius 2 is 1.48 bits per heavy atom. The minimum Gasteiger partial charge on any atom is -0.465 e. The maximum absolute atomic E-state index is 11.9. The van der Waals surface area contributed by atoms with Crippen LogP contribution in [0.1, 0.15) is 97.8 Å². The molecule has 0 saturated heterocycles. The Labute approximate surface area is 204 Å². The second-order valence-corrected chi connectivity index (χ2v) is 8.81. The first-order valence-corrected chi connectivity index (χ1v) is 13.5. The van der Waals surface area contributed by atoms with Crippen molar-refractivity contribution in [3.8, 4) is 0 Å². The molecule has 0 radical (unpaired) electrons. The molecule has 0 bridgehead atoms. The van der Waals surface area contributed by atoms with Crippen molar-refractivity contribution in [1.82, 2.24) is 4.90 Å². The average molecular weight is 468 g/mol. The lowest BCUT2D eigenvalue weighted by Crippen LogP contribution is -2.29. The summed E-state index contributed by atoms with van der Waals surface area (Å²) in [7, 11) is 0. The van der Waals surface area contributed by atoms with E-state index < -0.39 is 0 Å². The van der Waals surface area contributed by atoms with Gasteiger partial charge in [0.25, 0.3) is 0 Å².